The molecule has 1 aromatic heterocycles. The van der Waals surface area contributed by atoms with Crippen LogP contribution in [0.2, 0.25) is 5.02 Å². The predicted molar refractivity (Wildman–Crippen MR) is 141 cm³/mol. The Balaban J connectivity index is 1.94. The van der Waals surface area contributed by atoms with Crippen molar-refractivity contribution in [1.82, 2.24) is 4.98 Å². The monoisotopic (exact) mass is 486 g/mol. The lowest BCUT2D eigenvalue weighted by atomic mass is 9.97. The van der Waals surface area contributed by atoms with Crippen molar-refractivity contribution in [3.8, 4) is 16.9 Å². The molecule has 4 rings (SSSR count). The summed E-state index contributed by atoms with van der Waals surface area (Å²) in [6.07, 6.45) is 6.11. The molecule has 0 spiro atoms. The third-order valence-corrected chi connectivity index (χ3v) is 6.41. The third kappa shape index (κ3) is 5.20. The first-order valence-electron chi connectivity index (χ1n) is 11.4. The maximum absolute atomic E-state index is 13.2. The maximum atomic E-state index is 13.2. The van der Waals surface area contributed by atoms with Crippen LogP contribution >= 0.6 is 11.6 Å². The highest BCUT2D eigenvalue weighted by molar-refractivity contribution is 6.33. The Bertz CT molecular complexity index is 1440. The standard InChI is InChI=1S/C29H27ClN2O3/c1-5-23(29(34)19-9-10-19)28(32-22-11-7-18(3)31-15-22)24-12-20(8-6-17(24)2)21-13-26(30)25(16-33)27(14-21)35-4/h5-8,11-16,19,32H,2,9-10H2,1,3-4H3/b23-5+,28-24+. The lowest BCUT2D eigenvalue weighted by Gasteiger charge is -2.16. The Labute approximate surface area is 209 Å². The molecular formula is C29H27ClN2O3. The Kier molecular flexibility index (Phi) is 7.17. The predicted octanol–water partition coefficient (Wildman–Crippen LogP) is 5.09. The Morgan fingerprint density at radius 1 is 1.17 bits per heavy atom. The molecule has 1 fully saturated rings. The van der Waals surface area contributed by atoms with Crippen molar-refractivity contribution in [3.63, 3.8) is 0 Å². The topological polar surface area (TPSA) is 68.3 Å². The summed E-state index contributed by atoms with van der Waals surface area (Å²) in [6.45, 7) is 8.04. The zero-order chi connectivity index (χ0) is 25.1. The van der Waals surface area contributed by atoms with Gasteiger partial charge in [-0.25, -0.2) is 0 Å². The number of carbonyl (C=O) groups excluding carboxylic acids is 2. The van der Waals surface area contributed by atoms with Crippen LogP contribution in [-0.4, -0.2) is 24.2 Å². The summed E-state index contributed by atoms with van der Waals surface area (Å²) in [5.74, 6) is 0.582. The van der Waals surface area contributed by atoms with Crippen LogP contribution < -0.4 is 20.5 Å². The number of allylic oxidation sites excluding steroid dienone is 1. The van der Waals surface area contributed by atoms with Gasteiger partial charge in [-0.15, -0.1) is 0 Å². The van der Waals surface area contributed by atoms with Crippen molar-refractivity contribution < 1.29 is 14.3 Å². The largest absolute Gasteiger partial charge is 0.496 e. The van der Waals surface area contributed by atoms with Crippen LogP contribution in [0.3, 0.4) is 0 Å². The van der Waals surface area contributed by atoms with Crippen LogP contribution in [0.25, 0.3) is 23.4 Å². The number of halogens is 1. The van der Waals surface area contributed by atoms with E-state index < -0.39 is 0 Å². The van der Waals surface area contributed by atoms with Gasteiger partial charge < -0.3 is 10.1 Å². The fourth-order valence-corrected chi connectivity index (χ4v) is 4.23. The quantitative estimate of drug-likeness (QED) is 0.355. The average molecular weight is 487 g/mol. The normalized spacial score (nSPS) is 14.3. The second kappa shape index (κ2) is 10.3. The first kappa shape index (κ1) is 24.4. The number of aryl methyl sites for hydroxylation is 1. The molecule has 0 atom stereocenters. The number of aromatic nitrogens is 1. The number of benzene rings is 2. The van der Waals surface area contributed by atoms with Crippen LogP contribution in [0.15, 0.2) is 60.3 Å². The molecule has 0 aliphatic heterocycles. The molecule has 0 amide bonds. The SMILES string of the molecule is C=c1ccc(-c2cc(Cl)c(C=O)c(OC)c2)c/c1=C(Nc1ccc(C)nc1)/C(=C\C)C(=O)C1CC1. The zero-order valence-corrected chi connectivity index (χ0v) is 20.8. The minimum atomic E-state index is 0.0598. The van der Waals surface area contributed by atoms with E-state index in [1.54, 1.807) is 18.3 Å². The number of methoxy groups -OCH3 is 1. The Hall–Kier alpha value is -3.70. The number of ketones is 1. The number of nitrogens with one attached hydrogen (secondary N) is 1. The van der Waals surface area contributed by atoms with Crippen molar-refractivity contribution in [2.45, 2.75) is 26.7 Å². The van der Waals surface area contributed by atoms with Gasteiger partial charge in [0.05, 0.1) is 35.3 Å². The number of hydrogen-bond donors (Lipinski definition) is 1. The summed E-state index contributed by atoms with van der Waals surface area (Å²) in [4.78, 5) is 29.1. The number of anilines is 1. The van der Waals surface area contributed by atoms with E-state index in [9.17, 15) is 9.59 Å². The number of ether oxygens (including phenoxy) is 1. The molecule has 1 heterocycles. The summed E-state index contributed by atoms with van der Waals surface area (Å²) in [5.41, 5.74) is 4.93. The molecule has 1 aliphatic rings. The van der Waals surface area contributed by atoms with Crippen LogP contribution in [0.4, 0.5) is 5.69 Å². The lowest BCUT2D eigenvalue weighted by Crippen LogP contribution is -2.30. The van der Waals surface area contributed by atoms with E-state index in [0.717, 1.165) is 45.8 Å². The fraction of sp³-hybridized carbons (Fsp3) is 0.207. The number of pyridine rings is 1. The van der Waals surface area contributed by atoms with E-state index in [2.05, 4.69) is 16.9 Å². The Morgan fingerprint density at radius 3 is 2.54 bits per heavy atom. The molecular weight excluding hydrogens is 460 g/mol. The second-order valence-corrected chi connectivity index (χ2v) is 9.00. The van der Waals surface area contributed by atoms with Gasteiger partial charge in [-0.2, -0.15) is 0 Å². The third-order valence-electron chi connectivity index (χ3n) is 6.09. The molecule has 5 nitrogen and oxygen atoms in total. The summed E-state index contributed by atoms with van der Waals surface area (Å²) in [5, 5.41) is 5.30. The van der Waals surface area contributed by atoms with Crippen LogP contribution in [0, 0.1) is 12.8 Å². The number of Topliss-reactive ketones (excluding diaryl/α,β-unsaturated/α-hetero) is 1. The van der Waals surface area contributed by atoms with E-state index in [-0.39, 0.29) is 11.7 Å². The molecule has 0 bridgehead atoms. The van der Waals surface area contributed by atoms with Gasteiger partial charge in [0.25, 0.3) is 0 Å². The molecule has 0 radical (unpaired) electrons. The maximum Gasteiger partial charge on any atom is 0.167 e. The average Bonchev–Trinajstić information content (AvgIpc) is 3.70. The van der Waals surface area contributed by atoms with E-state index in [1.165, 1.54) is 7.11 Å². The fourth-order valence-electron chi connectivity index (χ4n) is 3.97. The minimum Gasteiger partial charge on any atom is -0.496 e. The number of nitrogens with zero attached hydrogens (tertiary/aromatic N) is 1. The molecule has 3 aromatic rings. The highest BCUT2D eigenvalue weighted by Gasteiger charge is 2.33. The van der Waals surface area contributed by atoms with Gasteiger partial charge in [-0.1, -0.05) is 36.4 Å². The summed E-state index contributed by atoms with van der Waals surface area (Å²) < 4.78 is 5.38. The molecule has 6 heteroatoms. The first-order valence-corrected chi connectivity index (χ1v) is 11.8. The number of carbonyl (C=O) groups is 2. The highest BCUT2D eigenvalue weighted by Crippen LogP contribution is 2.35. The zero-order valence-electron chi connectivity index (χ0n) is 20.0. The van der Waals surface area contributed by atoms with Gasteiger partial charge in [0.2, 0.25) is 0 Å². The highest BCUT2D eigenvalue weighted by atomic mass is 35.5. The van der Waals surface area contributed by atoms with Gasteiger partial charge in [0.1, 0.15) is 5.75 Å². The van der Waals surface area contributed by atoms with Crippen molar-refractivity contribution >= 4 is 41.6 Å². The molecule has 35 heavy (non-hydrogen) atoms. The van der Waals surface area contributed by atoms with E-state index in [1.807, 2.05) is 50.3 Å². The number of rotatable bonds is 8. The smallest absolute Gasteiger partial charge is 0.167 e. The molecule has 0 unspecified atom stereocenters. The van der Waals surface area contributed by atoms with Gasteiger partial charge in [0.15, 0.2) is 12.1 Å². The Morgan fingerprint density at radius 2 is 1.94 bits per heavy atom. The molecule has 0 saturated heterocycles. The van der Waals surface area contributed by atoms with E-state index in [0.29, 0.717) is 33.9 Å². The first-order chi connectivity index (χ1) is 16.9. The van der Waals surface area contributed by atoms with Gasteiger partial charge in [0, 0.05) is 22.4 Å². The number of hydrogen-bond acceptors (Lipinski definition) is 5. The lowest BCUT2D eigenvalue weighted by molar-refractivity contribution is -0.116. The molecule has 178 valence electrons. The van der Waals surface area contributed by atoms with Crippen LogP contribution in [-0.2, 0) is 4.79 Å². The van der Waals surface area contributed by atoms with E-state index in [4.69, 9.17) is 16.3 Å². The van der Waals surface area contributed by atoms with Crippen molar-refractivity contribution in [3.05, 3.63) is 87.0 Å². The molecule has 1 N–H and O–H groups in total. The summed E-state index contributed by atoms with van der Waals surface area (Å²) in [7, 11) is 1.50. The van der Waals surface area contributed by atoms with Crippen molar-refractivity contribution in [1.29, 1.82) is 0 Å². The van der Waals surface area contributed by atoms with Gasteiger partial charge in [-0.05, 0) is 73.4 Å². The molecule has 2 aromatic carbocycles. The van der Waals surface area contributed by atoms with Crippen molar-refractivity contribution in [2.75, 3.05) is 12.4 Å². The van der Waals surface area contributed by atoms with E-state index >= 15 is 0 Å². The van der Waals surface area contributed by atoms with Crippen LogP contribution in [0.1, 0.15) is 35.8 Å². The van der Waals surface area contributed by atoms with Gasteiger partial charge >= 0.3 is 0 Å². The van der Waals surface area contributed by atoms with Crippen LogP contribution in [0.5, 0.6) is 5.75 Å². The van der Waals surface area contributed by atoms with Gasteiger partial charge in [-0.3, -0.25) is 14.6 Å². The summed E-state index contributed by atoms with van der Waals surface area (Å²) in [6, 6.07) is 13.2. The second-order valence-electron chi connectivity index (χ2n) is 8.59. The molecule has 1 saturated carbocycles. The van der Waals surface area contributed by atoms with Crippen molar-refractivity contribution in [2.24, 2.45) is 5.92 Å². The molecule has 1 aliphatic carbocycles. The number of aldehydes is 1. The summed E-state index contributed by atoms with van der Waals surface area (Å²) >= 11 is 6.37. The minimum absolute atomic E-state index is 0.0598.